The number of nitrogens with zero attached hydrogens (tertiary/aromatic N) is 3. The van der Waals surface area contributed by atoms with Gasteiger partial charge in [0.2, 0.25) is 5.88 Å². The van der Waals surface area contributed by atoms with Crippen molar-refractivity contribution in [2.24, 2.45) is 0 Å². The first kappa shape index (κ1) is 12.1. The Kier molecular flexibility index (Phi) is 3.80. The van der Waals surface area contributed by atoms with Crippen LogP contribution < -0.4 is 10.5 Å². The number of anilines is 1. The molecule has 0 fully saturated rings. The molecular formula is C10H12N4OS2. The highest BCUT2D eigenvalue weighted by Crippen LogP contribution is 2.30. The van der Waals surface area contributed by atoms with Crippen LogP contribution in [-0.4, -0.2) is 20.4 Å². The second-order valence-electron chi connectivity index (χ2n) is 3.52. The summed E-state index contributed by atoms with van der Waals surface area (Å²) in [4.78, 5) is 8.42. The molecule has 0 aliphatic rings. The van der Waals surface area contributed by atoms with Gasteiger partial charge in [0.15, 0.2) is 4.34 Å². The number of pyridine rings is 1. The van der Waals surface area contributed by atoms with Crippen LogP contribution in [0.1, 0.15) is 13.8 Å². The number of hydrogen-bond donors (Lipinski definition) is 1. The van der Waals surface area contributed by atoms with E-state index < -0.39 is 0 Å². The van der Waals surface area contributed by atoms with Crippen LogP contribution in [0.3, 0.4) is 0 Å². The van der Waals surface area contributed by atoms with Crippen molar-refractivity contribution >= 4 is 29.0 Å². The van der Waals surface area contributed by atoms with Crippen molar-refractivity contribution in [2.45, 2.75) is 29.3 Å². The molecule has 90 valence electrons. The molecule has 7 heteroatoms. The molecule has 2 heterocycles. The van der Waals surface area contributed by atoms with Gasteiger partial charge in [0.05, 0.1) is 11.8 Å². The molecule has 0 spiro atoms. The van der Waals surface area contributed by atoms with Gasteiger partial charge in [0, 0.05) is 0 Å². The topological polar surface area (TPSA) is 73.9 Å². The Bertz CT molecular complexity index is 487. The van der Waals surface area contributed by atoms with Crippen molar-refractivity contribution in [1.29, 1.82) is 0 Å². The van der Waals surface area contributed by atoms with E-state index in [1.165, 1.54) is 29.6 Å². The minimum atomic E-state index is 0.0478. The second-order valence-corrected chi connectivity index (χ2v) is 5.57. The van der Waals surface area contributed by atoms with Crippen LogP contribution in [0.25, 0.3) is 0 Å². The summed E-state index contributed by atoms with van der Waals surface area (Å²) in [6, 6.07) is 3.63. The molecule has 0 radical (unpaired) electrons. The van der Waals surface area contributed by atoms with E-state index in [1.54, 1.807) is 6.07 Å². The van der Waals surface area contributed by atoms with Gasteiger partial charge in [-0.1, -0.05) is 0 Å². The van der Waals surface area contributed by atoms with E-state index in [0.29, 0.717) is 11.6 Å². The number of nitrogen functional groups attached to an aromatic ring is 1. The third-order valence-electron chi connectivity index (χ3n) is 1.74. The molecule has 0 amide bonds. The van der Waals surface area contributed by atoms with Crippen LogP contribution in [0.15, 0.2) is 27.8 Å². The molecule has 0 saturated carbocycles. The highest BCUT2D eigenvalue weighted by atomic mass is 32.2. The summed E-state index contributed by atoms with van der Waals surface area (Å²) in [6.45, 7) is 3.87. The predicted molar refractivity (Wildman–Crippen MR) is 68.4 cm³/mol. The minimum absolute atomic E-state index is 0.0478. The van der Waals surface area contributed by atoms with Crippen molar-refractivity contribution in [1.82, 2.24) is 14.3 Å². The van der Waals surface area contributed by atoms with Gasteiger partial charge in [-0.2, -0.15) is 4.37 Å². The Morgan fingerprint density at radius 3 is 2.88 bits per heavy atom. The molecule has 0 atom stereocenters. The first-order valence-electron chi connectivity index (χ1n) is 5.03. The zero-order valence-corrected chi connectivity index (χ0v) is 11.1. The molecule has 17 heavy (non-hydrogen) atoms. The largest absolute Gasteiger partial charge is 0.473 e. The maximum atomic E-state index is 5.79. The summed E-state index contributed by atoms with van der Waals surface area (Å²) in [5.74, 6) is 0.467. The summed E-state index contributed by atoms with van der Waals surface area (Å²) in [7, 11) is 0. The van der Waals surface area contributed by atoms with Crippen molar-refractivity contribution < 1.29 is 4.74 Å². The van der Waals surface area contributed by atoms with Crippen molar-refractivity contribution in [2.75, 3.05) is 5.73 Å². The Morgan fingerprint density at radius 1 is 1.41 bits per heavy atom. The molecular weight excluding hydrogens is 256 g/mol. The third-order valence-corrected chi connectivity index (χ3v) is 3.40. The van der Waals surface area contributed by atoms with E-state index in [-0.39, 0.29) is 6.10 Å². The first-order chi connectivity index (χ1) is 8.15. The lowest BCUT2D eigenvalue weighted by atomic mass is 10.4. The van der Waals surface area contributed by atoms with Crippen molar-refractivity contribution in [3.05, 3.63) is 18.5 Å². The Hall–Kier alpha value is -1.34. The molecule has 0 aromatic carbocycles. The van der Waals surface area contributed by atoms with Gasteiger partial charge in [-0.05, 0) is 49.3 Å². The molecule has 2 N–H and O–H groups in total. The van der Waals surface area contributed by atoms with E-state index in [9.17, 15) is 0 Å². The molecule has 2 aromatic rings. The van der Waals surface area contributed by atoms with Crippen LogP contribution in [0.4, 0.5) is 5.69 Å². The molecule has 2 aromatic heterocycles. The van der Waals surface area contributed by atoms with Gasteiger partial charge >= 0.3 is 0 Å². The third kappa shape index (κ3) is 3.31. The van der Waals surface area contributed by atoms with E-state index >= 15 is 0 Å². The van der Waals surface area contributed by atoms with Crippen molar-refractivity contribution in [3.8, 4) is 5.88 Å². The SMILES string of the molecule is CC(C)Oc1nc(Sc2ncns2)ccc1N. The highest BCUT2D eigenvalue weighted by Gasteiger charge is 2.08. The highest BCUT2D eigenvalue weighted by molar-refractivity contribution is 8.00. The van der Waals surface area contributed by atoms with Crippen LogP contribution in [0.5, 0.6) is 5.88 Å². The maximum absolute atomic E-state index is 5.79. The smallest absolute Gasteiger partial charge is 0.238 e. The fraction of sp³-hybridized carbons (Fsp3) is 0.300. The Labute approximate surface area is 108 Å². The Morgan fingerprint density at radius 2 is 2.24 bits per heavy atom. The van der Waals surface area contributed by atoms with Crippen LogP contribution >= 0.6 is 23.3 Å². The van der Waals surface area contributed by atoms with Gasteiger partial charge in [-0.3, -0.25) is 0 Å². The normalized spacial score (nSPS) is 10.8. The molecule has 0 saturated heterocycles. The molecule has 0 aliphatic carbocycles. The van der Waals surface area contributed by atoms with E-state index in [2.05, 4.69) is 14.3 Å². The number of rotatable bonds is 4. The van der Waals surface area contributed by atoms with Crippen LogP contribution in [0, 0.1) is 0 Å². The lowest BCUT2D eigenvalue weighted by molar-refractivity contribution is 0.232. The van der Waals surface area contributed by atoms with Gasteiger partial charge in [0.25, 0.3) is 0 Å². The lowest BCUT2D eigenvalue weighted by Crippen LogP contribution is -2.09. The number of ether oxygens (including phenoxy) is 1. The molecule has 0 aliphatic heterocycles. The van der Waals surface area contributed by atoms with Crippen molar-refractivity contribution in [3.63, 3.8) is 0 Å². The zero-order chi connectivity index (χ0) is 12.3. The van der Waals surface area contributed by atoms with Gasteiger partial charge < -0.3 is 10.5 Å². The lowest BCUT2D eigenvalue weighted by Gasteiger charge is -2.11. The van der Waals surface area contributed by atoms with Gasteiger partial charge in [-0.25, -0.2) is 9.97 Å². The van der Waals surface area contributed by atoms with Crippen LogP contribution in [0.2, 0.25) is 0 Å². The summed E-state index contributed by atoms with van der Waals surface area (Å²) in [5.41, 5.74) is 6.33. The summed E-state index contributed by atoms with van der Waals surface area (Å²) in [5, 5.41) is 0.798. The summed E-state index contributed by atoms with van der Waals surface area (Å²) < 4.78 is 10.3. The standard InChI is InChI=1S/C10H12N4OS2/c1-6(2)15-9-7(11)3-4-8(14-9)16-10-12-5-13-17-10/h3-6H,11H2,1-2H3. The van der Waals surface area contributed by atoms with Gasteiger partial charge in [-0.15, -0.1) is 0 Å². The summed E-state index contributed by atoms with van der Waals surface area (Å²) in [6.07, 6.45) is 1.57. The fourth-order valence-electron chi connectivity index (χ4n) is 1.11. The number of nitrogens with two attached hydrogens (primary N) is 1. The average Bonchev–Trinajstić information content (AvgIpc) is 2.75. The second kappa shape index (κ2) is 5.33. The molecule has 0 unspecified atom stereocenters. The van der Waals surface area contributed by atoms with E-state index in [1.807, 2.05) is 19.9 Å². The monoisotopic (exact) mass is 268 g/mol. The maximum Gasteiger partial charge on any atom is 0.238 e. The quantitative estimate of drug-likeness (QED) is 0.918. The van der Waals surface area contributed by atoms with Crippen LogP contribution in [-0.2, 0) is 0 Å². The number of aromatic nitrogens is 3. The first-order valence-corrected chi connectivity index (χ1v) is 6.62. The van der Waals surface area contributed by atoms with E-state index in [0.717, 1.165) is 9.37 Å². The summed E-state index contributed by atoms with van der Waals surface area (Å²) >= 11 is 2.77. The molecule has 2 rings (SSSR count). The van der Waals surface area contributed by atoms with E-state index in [4.69, 9.17) is 10.5 Å². The molecule has 5 nitrogen and oxygen atoms in total. The number of hydrogen-bond acceptors (Lipinski definition) is 7. The fourth-order valence-corrected chi connectivity index (χ4v) is 2.46. The zero-order valence-electron chi connectivity index (χ0n) is 9.45. The predicted octanol–water partition coefficient (Wildman–Crippen LogP) is 2.45. The minimum Gasteiger partial charge on any atom is -0.473 e. The Balaban J connectivity index is 2.18. The van der Waals surface area contributed by atoms with Gasteiger partial charge in [0.1, 0.15) is 11.4 Å². The molecule has 0 bridgehead atoms. The average molecular weight is 268 g/mol.